The molecule has 2 heterocycles. The second-order valence-electron chi connectivity index (χ2n) is 7.30. The van der Waals surface area contributed by atoms with Crippen molar-refractivity contribution in [2.45, 2.75) is 33.6 Å². The summed E-state index contributed by atoms with van der Waals surface area (Å²) < 4.78 is 4.47. The molecule has 0 aliphatic carbocycles. The third-order valence-corrected chi connectivity index (χ3v) is 5.64. The van der Waals surface area contributed by atoms with Crippen molar-refractivity contribution in [1.29, 1.82) is 0 Å². The van der Waals surface area contributed by atoms with E-state index in [1.165, 1.54) is 4.68 Å². The van der Waals surface area contributed by atoms with Gasteiger partial charge in [-0.2, -0.15) is 9.78 Å². The first kappa shape index (κ1) is 20.3. The zero-order valence-electron chi connectivity index (χ0n) is 17.3. The Morgan fingerprint density at radius 2 is 1.87 bits per heavy atom. The maximum atomic E-state index is 13.2. The molecule has 4 rings (SSSR count). The van der Waals surface area contributed by atoms with E-state index in [2.05, 4.69) is 64.6 Å². The molecule has 0 fully saturated rings. The summed E-state index contributed by atoms with van der Waals surface area (Å²) in [4.78, 5) is 17.9. The number of benzene rings is 2. The van der Waals surface area contributed by atoms with Gasteiger partial charge in [0, 0.05) is 33.5 Å². The van der Waals surface area contributed by atoms with Crippen molar-refractivity contribution >= 4 is 33.0 Å². The summed E-state index contributed by atoms with van der Waals surface area (Å²) >= 11 is 3.44. The molecule has 4 aromatic rings. The zero-order chi connectivity index (χ0) is 21.3. The zero-order valence-corrected chi connectivity index (χ0v) is 18.8. The highest BCUT2D eigenvalue weighted by atomic mass is 79.9. The third kappa shape index (κ3) is 3.75. The van der Waals surface area contributed by atoms with Gasteiger partial charge in [0.1, 0.15) is 5.82 Å². The minimum absolute atomic E-state index is 0.155. The van der Waals surface area contributed by atoms with Gasteiger partial charge < -0.3 is 4.57 Å². The second-order valence-corrected chi connectivity index (χ2v) is 8.21. The van der Waals surface area contributed by atoms with Crippen LogP contribution in [0.4, 0.5) is 0 Å². The number of fused-ring (bicyclic) bond motifs is 1. The third-order valence-electron chi connectivity index (χ3n) is 5.15. The highest BCUT2D eigenvalue weighted by Gasteiger charge is 2.12. The van der Waals surface area contributed by atoms with Crippen molar-refractivity contribution in [2.24, 2.45) is 5.10 Å². The Morgan fingerprint density at radius 3 is 2.60 bits per heavy atom. The molecule has 0 bridgehead atoms. The van der Waals surface area contributed by atoms with Crippen LogP contribution < -0.4 is 5.56 Å². The molecule has 5 nitrogen and oxygen atoms in total. The lowest BCUT2D eigenvalue weighted by Crippen LogP contribution is -2.22. The lowest BCUT2D eigenvalue weighted by molar-refractivity contribution is 0.703. The maximum Gasteiger partial charge on any atom is 0.282 e. The summed E-state index contributed by atoms with van der Waals surface area (Å²) in [5.41, 5.74) is 4.80. The highest BCUT2D eigenvalue weighted by Crippen LogP contribution is 2.20. The molecule has 0 radical (unpaired) electrons. The Kier molecular flexibility index (Phi) is 5.68. The van der Waals surface area contributed by atoms with Gasteiger partial charge >= 0.3 is 0 Å². The van der Waals surface area contributed by atoms with E-state index in [9.17, 15) is 4.79 Å². The number of hydrogen-bond acceptors (Lipinski definition) is 3. The molecule has 0 aliphatic rings. The van der Waals surface area contributed by atoms with Gasteiger partial charge in [-0.1, -0.05) is 41.1 Å². The van der Waals surface area contributed by atoms with Crippen LogP contribution in [0.15, 0.2) is 69.0 Å². The fourth-order valence-electron chi connectivity index (χ4n) is 3.71. The standard InChI is InChI=1S/C24H23BrN4O/c1-4-8-23-27-22-12-11-19(25)14-21(22)24(30)29(23)26-15-18-13-16(2)28(17(18)3)20-9-6-5-7-10-20/h5-7,9-15H,4,8H2,1-3H3. The SMILES string of the molecule is CCCc1nc2ccc(Br)cc2c(=O)n1N=Cc1cc(C)n(-c2ccccc2)c1C. The fourth-order valence-corrected chi connectivity index (χ4v) is 4.07. The first-order chi connectivity index (χ1) is 14.5. The second kappa shape index (κ2) is 8.40. The first-order valence-corrected chi connectivity index (χ1v) is 10.8. The summed E-state index contributed by atoms with van der Waals surface area (Å²) in [7, 11) is 0. The molecule has 6 heteroatoms. The van der Waals surface area contributed by atoms with Crippen molar-refractivity contribution < 1.29 is 0 Å². The molecule has 0 amide bonds. The van der Waals surface area contributed by atoms with Crippen LogP contribution in [0.1, 0.15) is 36.1 Å². The van der Waals surface area contributed by atoms with Crippen LogP contribution in [0.2, 0.25) is 0 Å². The van der Waals surface area contributed by atoms with Crippen molar-refractivity contribution in [3.8, 4) is 5.69 Å². The van der Waals surface area contributed by atoms with E-state index in [-0.39, 0.29) is 5.56 Å². The first-order valence-electron chi connectivity index (χ1n) is 9.99. The van der Waals surface area contributed by atoms with Gasteiger partial charge in [0.2, 0.25) is 0 Å². The van der Waals surface area contributed by atoms with E-state index < -0.39 is 0 Å². The number of rotatable bonds is 5. The summed E-state index contributed by atoms with van der Waals surface area (Å²) in [5.74, 6) is 0.672. The molecule has 0 atom stereocenters. The van der Waals surface area contributed by atoms with Crippen LogP contribution >= 0.6 is 15.9 Å². The molecule has 30 heavy (non-hydrogen) atoms. The molecular weight excluding hydrogens is 440 g/mol. The van der Waals surface area contributed by atoms with Crippen LogP contribution in [-0.2, 0) is 6.42 Å². The molecule has 0 aliphatic heterocycles. The molecule has 0 spiro atoms. The van der Waals surface area contributed by atoms with Gasteiger partial charge in [-0.3, -0.25) is 4.79 Å². The van der Waals surface area contributed by atoms with E-state index >= 15 is 0 Å². The van der Waals surface area contributed by atoms with Gasteiger partial charge in [-0.25, -0.2) is 4.98 Å². The molecular formula is C24H23BrN4O. The lowest BCUT2D eigenvalue weighted by Gasteiger charge is -2.09. The van der Waals surface area contributed by atoms with E-state index in [0.717, 1.165) is 33.5 Å². The Morgan fingerprint density at radius 1 is 1.10 bits per heavy atom. The van der Waals surface area contributed by atoms with Crippen molar-refractivity contribution in [1.82, 2.24) is 14.2 Å². The number of aryl methyl sites for hydroxylation is 2. The number of para-hydroxylation sites is 1. The number of halogens is 1. The van der Waals surface area contributed by atoms with Crippen molar-refractivity contribution in [2.75, 3.05) is 0 Å². The fraction of sp³-hybridized carbons (Fsp3) is 0.208. The average Bonchev–Trinajstić information content (AvgIpc) is 3.02. The van der Waals surface area contributed by atoms with E-state index in [1.807, 2.05) is 30.3 Å². The largest absolute Gasteiger partial charge is 0.318 e. The van der Waals surface area contributed by atoms with Crippen molar-refractivity contribution in [3.63, 3.8) is 0 Å². The summed E-state index contributed by atoms with van der Waals surface area (Å²) in [6, 6.07) is 17.9. The normalized spacial score (nSPS) is 11.6. The highest BCUT2D eigenvalue weighted by molar-refractivity contribution is 9.10. The smallest absolute Gasteiger partial charge is 0.282 e. The maximum absolute atomic E-state index is 13.2. The lowest BCUT2D eigenvalue weighted by atomic mass is 10.2. The van der Waals surface area contributed by atoms with Gasteiger partial charge in [-0.05, 0) is 56.7 Å². The van der Waals surface area contributed by atoms with Crippen LogP contribution in [0, 0.1) is 13.8 Å². The van der Waals surface area contributed by atoms with Gasteiger partial charge in [0.15, 0.2) is 0 Å². The number of hydrogen-bond donors (Lipinski definition) is 0. The number of aromatic nitrogens is 3. The van der Waals surface area contributed by atoms with Gasteiger partial charge in [0.25, 0.3) is 5.56 Å². The molecule has 0 unspecified atom stereocenters. The predicted molar refractivity (Wildman–Crippen MR) is 126 cm³/mol. The Balaban J connectivity index is 1.82. The molecule has 0 saturated carbocycles. The molecule has 2 aromatic carbocycles. The monoisotopic (exact) mass is 462 g/mol. The Bertz CT molecular complexity index is 1300. The minimum Gasteiger partial charge on any atom is -0.318 e. The summed E-state index contributed by atoms with van der Waals surface area (Å²) in [6.07, 6.45) is 3.32. The average molecular weight is 463 g/mol. The summed E-state index contributed by atoms with van der Waals surface area (Å²) in [5, 5.41) is 5.12. The Labute approximate surface area is 183 Å². The Hall–Kier alpha value is -2.99. The van der Waals surface area contributed by atoms with E-state index in [0.29, 0.717) is 23.1 Å². The molecule has 2 aromatic heterocycles. The van der Waals surface area contributed by atoms with Crippen LogP contribution in [0.5, 0.6) is 0 Å². The number of nitrogens with zero attached hydrogens (tertiary/aromatic N) is 4. The van der Waals surface area contributed by atoms with E-state index in [1.54, 1.807) is 12.3 Å². The van der Waals surface area contributed by atoms with Crippen LogP contribution in [-0.4, -0.2) is 20.4 Å². The molecule has 0 N–H and O–H groups in total. The quantitative estimate of drug-likeness (QED) is 0.372. The molecule has 152 valence electrons. The summed E-state index contributed by atoms with van der Waals surface area (Å²) in [6.45, 7) is 6.20. The van der Waals surface area contributed by atoms with Crippen LogP contribution in [0.3, 0.4) is 0 Å². The van der Waals surface area contributed by atoms with Crippen LogP contribution in [0.25, 0.3) is 16.6 Å². The van der Waals surface area contributed by atoms with E-state index in [4.69, 9.17) is 4.98 Å². The van der Waals surface area contributed by atoms with Gasteiger partial charge in [0.05, 0.1) is 17.1 Å². The topological polar surface area (TPSA) is 52.2 Å². The van der Waals surface area contributed by atoms with Crippen molar-refractivity contribution in [3.05, 3.63) is 92.2 Å². The van der Waals surface area contributed by atoms with Gasteiger partial charge in [-0.15, -0.1) is 0 Å². The predicted octanol–water partition coefficient (Wildman–Crippen LogP) is 5.40. The minimum atomic E-state index is -0.155. The molecule has 0 saturated heterocycles.